The fourth-order valence-electron chi connectivity index (χ4n) is 0.312. The summed E-state index contributed by atoms with van der Waals surface area (Å²) in [6.45, 7) is 1.93. The minimum Gasteiger partial charge on any atom is -0.395 e. The highest BCUT2D eigenvalue weighted by molar-refractivity contribution is 8.00. The third-order valence-electron chi connectivity index (χ3n) is 0.917. The van der Waals surface area contributed by atoms with Crippen LogP contribution in [-0.4, -0.2) is 28.6 Å². The number of aliphatic hydroxyl groups excluding tert-OH is 1. The summed E-state index contributed by atoms with van der Waals surface area (Å²) < 4.78 is 0. The molecule has 0 aliphatic rings. The molecule has 0 heterocycles. The first kappa shape index (κ1) is 9.74. The van der Waals surface area contributed by atoms with Crippen molar-refractivity contribution < 1.29 is 9.90 Å². The Balaban J connectivity index is 3.26. The molecule has 5 heteroatoms. The van der Waals surface area contributed by atoms with E-state index in [1.165, 1.54) is 11.8 Å². The van der Waals surface area contributed by atoms with Gasteiger partial charge in [-0.2, -0.15) is 0 Å². The van der Waals surface area contributed by atoms with Crippen LogP contribution >= 0.6 is 11.8 Å². The Morgan fingerprint density at radius 2 is 2.50 bits per heavy atom. The van der Waals surface area contributed by atoms with E-state index >= 15 is 0 Å². The lowest BCUT2D eigenvalue weighted by Crippen LogP contribution is -2.32. The molecule has 1 atom stereocenters. The van der Waals surface area contributed by atoms with Crippen LogP contribution in [0.15, 0.2) is 0 Å². The van der Waals surface area contributed by atoms with Crippen molar-refractivity contribution in [1.82, 2.24) is 5.43 Å². The monoisotopic (exact) mass is 164 g/mol. The predicted molar refractivity (Wildman–Crippen MR) is 41.3 cm³/mol. The number of hydrazine groups is 1. The molecule has 1 amide bonds. The van der Waals surface area contributed by atoms with Gasteiger partial charge in [-0.15, -0.1) is 11.8 Å². The summed E-state index contributed by atoms with van der Waals surface area (Å²) in [5.41, 5.74) is 2.00. The Morgan fingerprint density at radius 3 is 2.90 bits per heavy atom. The van der Waals surface area contributed by atoms with Crippen LogP contribution in [0.25, 0.3) is 0 Å². The van der Waals surface area contributed by atoms with Crippen molar-refractivity contribution in [1.29, 1.82) is 0 Å². The van der Waals surface area contributed by atoms with Crippen LogP contribution < -0.4 is 11.3 Å². The van der Waals surface area contributed by atoms with Gasteiger partial charge in [0.25, 0.3) is 0 Å². The molecule has 0 saturated carbocycles. The molecule has 10 heavy (non-hydrogen) atoms. The van der Waals surface area contributed by atoms with Gasteiger partial charge < -0.3 is 5.11 Å². The second-order valence-electron chi connectivity index (χ2n) is 1.87. The number of hydrogen-bond donors (Lipinski definition) is 3. The molecule has 0 spiro atoms. The van der Waals surface area contributed by atoms with Crippen molar-refractivity contribution in [2.45, 2.75) is 12.2 Å². The number of aliphatic hydroxyl groups is 1. The molecular formula is C5H12N2O2S. The molecule has 0 bridgehead atoms. The van der Waals surface area contributed by atoms with Gasteiger partial charge in [-0.3, -0.25) is 10.2 Å². The van der Waals surface area contributed by atoms with Crippen molar-refractivity contribution >= 4 is 17.7 Å². The van der Waals surface area contributed by atoms with Gasteiger partial charge in [0.15, 0.2) is 0 Å². The van der Waals surface area contributed by atoms with Gasteiger partial charge in [0.05, 0.1) is 12.4 Å². The van der Waals surface area contributed by atoms with Gasteiger partial charge in [-0.05, 0) is 0 Å². The number of thioether (sulfide) groups is 1. The maximum Gasteiger partial charge on any atom is 0.243 e. The second-order valence-corrected chi connectivity index (χ2v) is 3.30. The molecule has 0 aliphatic carbocycles. The Hall–Kier alpha value is -0.260. The van der Waals surface area contributed by atoms with Crippen LogP contribution in [0.3, 0.4) is 0 Å². The average molecular weight is 164 g/mol. The van der Waals surface area contributed by atoms with E-state index in [4.69, 9.17) is 10.9 Å². The largest absolute Gasteiger partial charge is 0.395 e. The van der Waals surface area contributed by atoms with E-state index in [1.54, 1.807) is 0 Å². The predicted octanol–water partition coefficient (Wildman–Crippen LogP) is -0.910. The smallest absolute Gasteiger partial charge is 0.243 e. The van der Waals surface area contributed by atoms with Gasteiger partial charge in [0.1, 0.15) is 0 Å². The summed E-state index contributed by atoms with van der Waals surface area (Å²) in [6, 6.07) is 0. The number of carbonyl (C=O) groups is 1. The molecule has 60 valence electrons. The minimum absolute atomic E-state index is 0.0858. The highest BCUT2D eigenvalue weighted by atomic mass is 32.2. The Labute approximate surface area is 64.1 Å². The average Bonchev–Trinajstić information content (AvgIpc) is 1.99. The number of rotatable bonds is 4. The van der Waals surface area contributed by atoms with E-state index in [0.29, 0.717) is 5.75 Å². The van der Waals surface area contributed by atoms with Crippen molar-refractivity contribution in [3.05, 3.63) is 0 Å². The van der Waals surface area contributed by atoms with E-state index in [0.717, 1.165) is 0 Å². The SMILES string of the molecule is CC(CO)SCC(=O)NN. The normalized spacial score (nSPS) is 12.7. The van der Waals surface area contributed by atoms with E-state index < -0.39 is 0 Å². The Morgan fingerprint density at radius 1 is 1.90 bits per heavy atom. The molecule has 0 aromatic heterocycles. The van der Waals surface area contributed by atoms with E-state index in [9.17, 15) is 4.79 Å². The number of hydrogen-bond acceptors (Lipinski definition) is 4. The molecular weight excluding hydrogens is 152 g/mol. The van der Waals surface area contributed by atoms with Crippen LogP contribution in [0, 0.1) is 0 Å². The van der Waals surface area contributed by atoms with Gasteiger partial charge in [0.2, 0.25) is 5.91 Å². The standard InChI is InChI=1S/C5H12N2O2S/c1-4(2-8)10-3-5(9)7-6/h4,8H,2-3,6H2,1H3,(H,7,9). The third-order valence-corrected chi connectivity index (χ3v) is 2.06. The van der Waals surface area contributed by atoms with Gasteiger partial charge in [0, 0.05) is 5.25 Å². The maximum absolute atomic E-state index is 10.5. The maximum atomic E-state index is 10.5. The number of carbonyl (C=O) groups excluding carboxylic acids is 1. The zero-order valence-electron chi connectivity index (χ0n) is 5.83. The summed E-state index contributed by atoms with van der Waals surface area (Å²) >= 11 is 1.37. The van der Waals surface area contributed by atoms with Crippen LogP contribution in [0.5, 0.6) is 0 Å². The van der Waals surface area contributed by atoms with Crippen LogP contribution in [0.1, 0.15) is 6.92 Å². The number of nitrogens with two attached hydrogens (primary N) is 1. The van der Waals surface area contributed by atoms with Gasteiger partial charge in [-0.25, -0.2) is 5.84 Å². The van der Waals surface area contributed by atoms with E-state index in [1.807, 2.05) is 12.3 Å². The Kier molecular flexibility index (Phi) is 5.38. The summed E-state index contributed by atoms with van der Waals surface area (Å²) in [6.07, 6.45) is 0. The molecule has 0 aromatic rings. The summed E-state index contributed by atoms with van der Waals surface area (Å²) in [5.74, 6) is 4.91. The first-order chi connectivity index (χ1) is 4.70. The van der Waals surface area contributed by atoms with Crippen molar-refractivity contribution in [2.75, 3.05) is 12.4 Å². The molecule has 4 nitrogen and oxygen atoms in total. The number of amides is 1. The van der Waals surface area contributed by atoms with Crippen molar-refractivity contribution in [2.24, 2.45) is 5.84 Å². The van der Waals surface area contributed by atoms with Crippen LogP contribution in [0.4, 0.5) is 0 Å². The highest BCUT2D eigenvalue weighted by Crippen LogP contribution is 2.07. The summed E-state index contributed by atoms with van der Waals surface area (Å²) in [5, 5.41) is 8.63. The van der Waals surface area contributed by atoms with Crippen LogP contribution in [-0.2, 0) is 4.79 Å². The zero-order valence-corrected chi connectivity index (χ0v) is 6.65. The lowest BCUT2D eigenvalue weighted by Gasteiger charge is -2.04. The second kappa shape index (κ2) is 5.52. The molecule has 4 N–H and O–H groups in total. The van der Waals surface area contributed by atoms with Gasteiger partial charge in [-0.1, -0.05) is 6.92 Å². The fourth-order valence-corrected chi connectivity index (χ4v) is 0.937. The lowest BCUT2D eigenvalue weighted by molar-refractivity contribution is -0.118. The molecule has 0 rings (SSSR count). The van der Waals surface area contributed by atoms with Crippen molar-refractivity contribution in [3.63, 3.8) is 0 Å². The molecule has 0 aliphatic heterocycles. The first-order valence-electron chi connectivity index (χ1n) is 2.92. The summed E-state index contributed by atoms with van der Waals surface area (Å²) in [4.78, 5) is 10.5. The van der Waals surface area contributed by atoms with Crippen molar-refractivity contribution in [3.8, 4) is 0 Å². The van der Waals surface area contributed by atoms with E-state index in [-0.39, 0.29) is 17.8 Å². The van der Waals surface area contributed by atoms with E-state index in [2.05, 4.69) is 0 Å². The van der Waals surface area contributed by atoms with Crippen LogP contribution in [0.2, 0.25) is 0 Å². The summed E-state index contributed by atoms with van der Waals surface area (Å²) in [7, 11) is 0. The zero-order chi connectivity index (χ0) is 7.98. The molecule has 0 fully saturated rings. The lowest BCUT2D eigenvalue weighted by atomic mass is 10.5. The molecule has 0 saturated heterocycles. The van der Waals surface area contributed by atoms with Gasteiger partial charge >= 0.3 is 0 Å². The third kappa shape index (κ3) is 4.60. The topological polar surface area (TPSA) is 75.3 Å². The highest BCUT2D eigenvalue weighted by Gasteiger charge is 2.03. The first-order valence-corrected chi connectivity index (χ1v) is 3.97. The molecule has 1 unspecified atom stereocenters. The molecule has 0 aromatic carbocycles. The number of nitrogens with one attached hydrogen (secondary N) is 1. The molecule has 0 radical (unpaired) electrons. The minimum atomic E-state index is -0.217. The fraction of sp³-hybridized carbons (Fsp3) is 0.800. The quantitative estimate of drug-likeness (QED) is 0.286. The Bertz CT molecular complexity index is 110.